The minimum absolute atomic E-state index is 0.198. The van der Waals surface area contributed by atoms with Crippen LogP contribution in [0.4, 0.5) is 0 Å². The summed E-state index contributed by atoms with van der Waals surface area (Å²) in [6.45, 7) is 1.60. The average molecular weight is 252 g/mol. The molecule has 1 aromatic heterocycles. The maximum Gasteiger partial charge on any atom is 0.223 e. The molecule has 2 N–H and O–H groups in total. The third-order valence-electron chi connectivity index (χ3n) is 3.12. The number of hydrogen-bond acceptors (Lipinski definition) is 4. The number of unbranched alkanes of at least 4 members (excludes halogenated alkanes) is 1. The molecule has 0 unspecified atom stereocenters. The van der Waals surface area contributed by atoms with Crippen molar-refractivity contribution in [3.05, 3.63) is 11.4 Å². The summed E-state index contributed by atoms with van der Waals surface area (Å²) in [6, 6.07) is 0. The predicted octanol–water partition coefficient (Wildman–Crippen LogP) is 0.610. The number of rotatable bonds is 8. The van der Waals surface area contributed by atoms with Crippen molar-refractivity contribution in [3.63, 3.8) is 0 Å². The maximum absolute atomic E-state index is 11.0. The number of aryl methyl sites for hydroxylation is 1. The molecule has 1 aromatic rings. The van der Waals surface area contributed by atoms with Crippen LogP contribution >= 0.6 is 0 Å². The number of primary amides is 1. The van der Waals surface area contributed by atoms with Gasteiger partial charge in [0, 0.05) is 26.2 Å². The summed E-state index contributed by atoms with van der Waals surface area (Å²) < 4.78 is 6.96. The van der Waals surface area contributed by atoms with E-state index in [1.807, 2.05) is 4.68 Å². The monoisotopic (exact) mass is 252 g/mol. The number of carbonyl (C=O) groups is 1. The Morgan fingerprint density at radius 3 is 2.89 bits per heavy atom. The van der Waals surface area contributed by atoms with E-state index in [1.165, 1.54) is 0 Å². The highest BCUT2D eigenvalue weighted by Crippen LogP contribution is 2.41. The van der Waals surface area contributed by atoms with E-state index in [0.29, 0.717) is 5.92 Å². The SMILES string of the molecule is COCCCCn1nnc(CC(N)=O)c1C1CC1. The Labute approximate surface area is 106 Å². The van der Waals surface area contributed by atoms with Crippen molar-refractivity contribution in [2.45, 2.75) is 44.6 Å². The smallest absolute Gasteiger partial charge is 0.223 e. The van der Waals surface area contributed by atoms with Gasteiger partial charge in [-0.05, 0) is 25.7 Å². The van der Waals surface area contributed by atoms with E-state index in [0.717, 1.165) is 50.2 Å². The molecular formula is C12H20N4O2. The number of nitrogens with zero attached hydrogens (tertiary/aromatic N) is 3. The lowest BCUT2D eigenvalue weighted by molar-refractivity contribution is -0.117. The third-order valence-corrected chi connectivity index (χ3v) is 3.12. The first-order valence-corrected chi connectivity index (χ1v) is 6.42. The van der Waals surface area contributed by atoms with Crippen LogP contribution in [0.2, 0.25) is 0 Å². The number of methoxy groups -OCH3 is 1. The van der Waals surface area contributed by atoms with E-state index in [4.69, 9.17) is 10.5 Å². The second-order valence-electron chi connectivity index (χ2n) is 4.76. The number of carbonyl (C=O) groups excluding carboxylic acids is 1. The minimum atomic E-state index is -0.344. The molecule has 1 aliphatic carbocycles. The highest BCUT2D eigenvalue weighted by Gasteiger charge is 2.31. The summed E-state index contributed by atoms with van der Waals surface area (Å²) in [5.41, 5.74) is 7.11. The molecule has 0 aliphatic heterocycles. The van der Waals surface area contributed by atoms with Crippen molar-refractivity contribution >= 4 is 5.91 Å². The van der Waals surface area contributed by atoms with Crippen molar-refractivity contribution in [3.8, 4) is 0 Å². The fourth-order valence-electron chi connectivity index (χ4n) is 2.12. The quantitative estimate of drug-likeness (QED) is 0.687. The van der Waals surface area contributed by atoms with Gasteiger partial charge < -0.3 is 10.5 Å². The Hall–Kier alpha value is -1.43. The Bertz CT molecular complexity index is 412. The summed E-state index contributed by atoms with van der Waals surface area (Å²) in [7, 11) is 1.70. The van der Waals surface area contributed by atoms with E-state index in [-0.39, 0.29) is 12.3 Å². The van der Waals surface area contributed by atoms with Crippen LogP contribution in [0.3, 0.4) is 0 Å². The number of hydrogen-bond donors (Lipinski definition) is 1. The molecule has 1 amide bonds. The van der Waals surface area contributed by atoms with Gasteiger partial charge in [-0.2, -0.15) is 0 Å². The molecule has 2 rings (SSSR count). The van der Waals surface area contributed by atoms with Gasteiger partial charge in [-0.15, -0.1) is 5.10 Å². The van der Waals surface area contributed by atoms with Crippen molar-refractivity contribution in [2.75, 3.05) is 13.7 Å². The Balaban J connectivity index is 2.00. The van der Waals surface area contributed by atoms with E-state index in [1.54, 1.807) is 7.11 Å². The standard InChI is InChI=1S/C12H20N4O2/c1-18-7-3-2-6-16-12(9-4-5-9)10(14-15-16)8-11(13)17/h9H,2-8H2,1H3,(H2,13,17). The highest BCUT2D eigenvalue weighted by molar-refractivity contribution is 5.76. The minimum Gasteiger partial charge on any atom is -0.385 e. The van der Waals surface area contributed by atoms with Crippen molar-refractivity contribution in [1.82, 2.24) is 15.0 Å². The molecule has 0 radical (unpaired) electrons. The molecule has 1 fully saturated rings. The van der Waals surface area contributed by atoms with Gasteiger partial charge in [0.25, 0.3) is 0 Å². The molecule has 1 aliphatic rings. The molecule has 0 bridgehead atoms. The first-order chi connectivity index (χ1) is 8.72. The largest absolute Gasteiger partial charge is 0.385 e. The van der Waals surface area contributed by atoms with Crippen molar-refractivity contribution in [1.29, 1.82) is 0 Å². The fraction of sp³-hybridized carbons (Fsp3) is 0.750. The lowest BCUT2D eigenvalue weighted by Crippen LogP contribution is -2.15. The normalized spacial score (nSPS) is 14.9. The number of aromatic nitrogens is 3. The molecule has 100 valence electrons. The molecule has 0 atom stereocenters. The zero-order valence-corrected chi connectivity index (χ0v) is 10.8. The van der Waals surface area contributed by atoms with Crippen molar-refractivity contribution in [2.24, 2.45) is 5.73 Å². The summed E-state index contributed by atoms with van der Waals surface area (Å²) in [5.74, 6) is 0.181. The van der Waals surface area contributed by atoms with Gasteiger partial charge >= 0.3 is 0 Å². The number of amides is 1. The molecule has 0 saturated heterocycles. The second kappa shape index (κ2) is 5.95. The topological polar surface area (TPSA) is 83.0 Å². The molecule has 6 nitrogen and oxygen atoms in total. The summed E-state index contributed by atoms with van der Waals surface area (Å²) in [5, 5.41) is 8.24. The molecule has 1 saturated carbocycles. The van der Waals surface area contributed by atoms with Gasteiger partial charge in [0.1, 0.15) is 0 Å². The third kappa shape index (κ3) is 3.29. The maximum atomic E-state index is 11.0. The van der Waals surface area contributed by atoms with Gasteiger partial charge in [-0.25, -0.2) is 4.68 Å². The van der Waals surface area contributed by atoms with Gasteiger partial charge in [-0.1, -0.05) is 5.21 Å². The van der Waals surface area contributed by atoms with Gasteiger partial charge in [0.15, 0.2) is 0 Å². The van der Waals surface area contributed by atoms with Crippen LogP contribution in [0.5, 0.6) is 0 Å². The van der Waals surface area contributed by atoms with E-state index in [9.17, 15) is 4.79 Å². The Kier molecular flexibility index (Phi) is 4.30. The molecular weight excluding hydrogens is 232 g/mol. The van der Waals surface area contributed by atoms with E-state index >= 15 is 0 Å². The molecule has 6 heteroatoms. The van der Waals surface area contributed by atoms with Crippen LogP contribution in [0.15, 0.2) is 0 Å². The van der Waals surface area contributed by atoms with Gasteiger partial charge in [0.05, 0.1) is 17.8 Å². The molecule has 1 heterocycles. The molecule has 0 spiro atoms. The fourth-order valence-corrected chi connectivity index (χ4v) is 2.12. The summed E-state index contributed by atoms with van der Waals surface area (Å²) in [6.07, 6.45) is 4.54. The van der Waals surface area contributed by atoms with E-state index in [2.05, 4.69) is 10.3 Å². The lowest BCUT2D eigenvalue weighted by Gasteiger charge is -2.06. The van der Waals surface area contributed by atoms with Crippen LogP contribution in [0.25, 0.3) is 0 Å². The van der Waals surface area contributed by atoms with Crippen LogP contribution < -0.4 is 5.73 Å². The summed E-state index contributed by atoms with van der Waals surface area (Å²) in [4.78, 5) is 11.0. The first-order valence-electron chi connectivity index (χ1n) is 6.42. The number of ether oxygens (including phenoxy) is 1. The van der Waals surface area contributed by atoms with Crippen LogP contribution in [0, 0.1) is 0 Å². The molecule has 18 heavy (non-hydrogen) atoms. The predicted molar refractivity (Wildman–Crippen MR) is 66.0 cm³/mol. The Morgan fingerprint density at radius 2 is 2.28 bits per heavy atom. The zero-order chi connectivity index (χ0) is 13.0. The second-order valence-corrected chi connectivity index (χ2v) is 4.76. The number of nitrogens with two attached hydrogens (primary N) is 1. The summed E-state index contributed by atoms with van der Waals surface area (Å²) >= 11 is 0. The van der Waals surface area contributed by atoms with Crippen LogP contribution in [-0.4, -0.2) is 34.6 Å². The van der Waals surface area contributed by atoms with Crippen molar-refractivity contribution < 1.29 is 9.53 Å². The molecule has 0 aromatic carbocycles. The van der Waals surface area contributed by atoms with Crippen LogP contribution in [0.1, 0.15) is 43.0 Å². The van der Waals surface area contributed by atoms with Gasteiger partial charge in [-0.3, -0.25) is 4.79 Å². The van der Waals surface area contributed by atoms with Gasteiger partial charge in [0.2, 0.25) is 5.91 Å². The zero-order valence-electron chi connectivity index (χ0n) is 10.8. The lowest BCUT2D eigenvalue weighted by atomic mass is 10.1. The average Bonchev–Trinajstić information content (AvgIpc) is 3.08. The highest BCUT2D eigenvalue weighted by atomic mass is 16.5. The van der Waals surface area contributed by atoms with E-state index < -0.39 is 0 Å². The Morgan fingerprint density at radius 1 is 1.50 bits per heavy atom. The first kappa shape index (κ1) is 13.0. The van der Waals surface area contributed by atoms with Crippen LogP contribution in [-0.2, 0) is 22.5 Å².